The van der Waals surface area contributed by atoms with E-state index in [0.717, 1.165) is 11.1 Å². The van der Waals surface area contributed by atoms with E-state index in [1.54, 1.807) is 23.9 Å². The molecule has 0 spiro atoms. The van der Waals surface area contributed by atoms with Crippen molar-refractivity contribution in [3.8, 4) is 5.75 Å². The standard InChI is InChI=1S/C24H31N5O4/c1-24(2,3)21(23(32)26-11-12-30)27-22(31)20-17-7-5-6-8-18(17)29(28-20)14-15-9-10-16(25)13-19(15)33-4/h5-10,13,21,30H,11-12,14,25H2,1-4H3,(H,26,32)(H,27,31). The highest BCUT2D eigenvalue weighted by atomic mass is 16.5. The topological polar surface area (TPSA) is 132 Å². The number of nitrogen functional groups attached to an aromatic ring is 1. The number of aromatic nitrogens is 2. The minimum atomic E-state index is -0.808. The summed E-state index contributed by atoms with van der Waals surface area (Å²) >= 11 is 0. The summed E-state index contributed by atoms with van der Waals surface area (Å²) in [6.07, 6.45) is 0. The van der Waals surface area contributed by atoms with E-state index < -0.39 is 17.4 Å². The number of para-hydroxylation sites is 1. The second-order valence-electron chi connectivity index (χ2n) is 8.88. The molecule has 9 heteroatoms. The van der Waals surface area contributed by atoms with E-state index in [-0.39, 0.29) is 24.8 Å². The average molecular weight is 454 g/mol. The Bertz CT molecular complexity index is 1150. The third-order valence-corrected chi connectivity index (χ3v) is 5.32. The van der Waals surface area contributed by atoms with Crippen LogP contribution in [0.3, 0.4) is 0 Å². The zero-order valence-corrected chi connectivity index (χ0v) is 19.4. The number of aliphatic hydroxyl groups excluding tert-OH is 1. The fraction of sp³-hybridized carbons (Fsp3) is 0.375. The first-order chi connectivity index (χ1) is 15.7. The van der Waals surface area contributed by atoms with Crippen LogP contribution in [0.25, 0.3) is 10.9 Å². The smallest absolute Gasteiger partial charge is 0.273 e. The van der Waals surface area contributed by atoms with Crippen LogP contribution in [0.15, 0.2) is 42.5 Å². The van der Waals surface area contributed by atoms with Gasteiger partial charge >= 0.3 is 0 Å². The second kappa shape index (κ2) is 9.91. The number of hydrogen-bond acceptors (Lipinski definition) is 6. The zero-order chi connectivity index (χ0) is 24.2. The number of carbonyl (C=O) groups is 2. The van der Waals surface area contributed by atoms with Crippen molar-refractivity contribution >= 4 is 28.4 Å². The second-order valence-corrected chi connectivity index (χ2v) is 8.88. The minimum Gasteiger partial charge on any atom is -0.496 e. The number of methoxy groups -OCH3 is 1. The fourth-order valence-electron chi connectivity index (χ4n) is 3.62. The SMILES string of the molecule is COc1cc(N)ccc1Cn1nc(C(=O)NC(C(=O)NCCO)C(C)(C)C)c2ccccc21. The van der Waals surface area contributed by atoms with Crippen LogP contribution in [0.4, 0.5) is 5.69 Å². The molecule has 0 bridgehead atoms. The number of ether oxygens (including phenoxy) is 1. The monoisotopic (exact) mass is 453 g/mol. The quantitative estimate of drug-likeness (QED) is 0.386. The summed E-state index contributed by atoms with van der Waals surface area (Å²) in [6, 6.07) is 12.0. The Labute approximate surface area is 192 Å². The van der Waals surface area contributed by atoms with Gasteiger partial charge in [-0.2, -0.15) is 5.10 Å². The molecule has 1 unspecified atom stereocenters. The van der Waals surface area contributed by atoms with Crippen LogP contribution in [-0.4, -0.2) is 53.0 Å². The van der Waals surface area contributed by atoms with Gasteiger partial charge in [-0.25, -0.2) is 0 Å². The van der Waals surface area contributed by atoms with Gasteiger partial charge in [-0.05, 0) is 17.5 Å². The lowest BCUT2D eigenvalue weighted by atomic mass is 9.86. The Morgan fingerprint density at radius 2 is 1.94 bits per heavy atom. The fourth-order valence-corrected chi connectivity index (χ4v) is 3.62. The highest BCUT2D eigenvalue weighted by Crippen LogP contribution is 2.26. The lowest BCUT2D eigenvalue weighted by molar-refractivity contribution is -0.125. The molecule has 3 aromatic rings. The van der Waals surface area contributed by atoms with Crippen LogP contribution in [0, 0.1) is 5.41 Å². The molecule has 0 saturated carbocycles. The Kier molecular flexibility index (Phi) is 7.23. The molecular weight excluding hydrogens is 422 g/mol. The molecule has 33 heavy (non-hydrogen) atoms. The summed E-state index contributed by atoms with van der Waals surface area (Å²) in [5.41, 5.74) is 7.77. The molecule has 3 rings (SSSR count). The summed E-state index contributed by atoms with van der Waals surface area (Å²) in [6.45, 7) is 5.89. The van der Waals surface area contributed by atoms with Crippen molar-refractivity contribution in [1.29, 1.82) is 0 Å². The van der Waals surface area contributed by atoms with E-state index >= 15 is 0 Å². The highest BCUT2D eigenvalue weighted by Gasteiger charge is 2.33. The summed E-state index contributed by atoms with van der Waals surface area (Å²) in [5.74, 6) is -0.178. The Morgan fingerprint density at radius 3 is 2.61 bits per heavy atom. The molecule has 0 fully saturated rings. The first-order valence-electron chi connectivity index (χ1n) is 10.7. The predicted molar refractivity (Wildman–Crippen MR) is 127 cm³/mol. The van der Waals surface area contributed by atoms with Crippen LogP contribution < -0.4 is 21.1 Å². The molecule has 1 aromatic heterocycles. The first-order valence-corrected chi connectivity index (χ1v) is 10.7. The van der Waals surface area contributed by atoms with Crippen molar-refractivity contribution in [2.75, 3.05) is 26.0 Å². The van der Waals surface area contributed by atoms with Gasteiger partial charge in [0.2, 0.25) is 5.91 Å². The summed E-state index contributed by atoms with van der Waals surface area (Å²) in [7, 11) is 1.58. The Balaban J connectivity index is 1.95. The van der Waals surface area contributed by atoms with E-state index in [0.29, 0.717) is 23.4 Å². The van der Waals surface area contributed by atoms with Crippen molar-refractivity contribution in [3.63, 3.8) is 0 Å². The lowest BCUT2D eigenvalue weighted by Gasteiger charge is -2.30. The molecule has 0 radical (unpaired) electrons. The van der Waals surface area contributed by atoms with Crippen molar-refractivity contribution in [2.45, 2.75) is 33.4 Å². The van der Waals surface area contributed by atoms with Gasteiger partial charge in [-0.15, -0.1) is 0 Å². The minimum absolute atomic E-state index is 0.113. The maximum absolute atomic E-state index is 13.3. The largest absolute Gasteiger partial charge is 0.496 e. The van der Waals surface area contributed by atoms with Crippen molar-refractivity contribution in [3.05, 3.63) is 53.7 Å². The Hall–Kier alpha value is -3.59. The number of benzene rings is 2. The number of aliphatic hydroxyl groups is 1. The van der Waals surface area contributed by atoms with Crippen LogP contribution in [0.1, 0.15) is 36.8 Å². The molecule has 5 N–H and O–H groups in total. The molecule has 0 aliphatic rings. The third kappa shape index (κ3) is 5.43. The highest BCUT2D eigenvalue weighted by molar-refractivity contribution is 6.06. The molecule has 2 amide bonds. The third-order valence-electron chi connectivity index (χ3n) is 5.32. The van der Waals surface area contributed by atoms with Crippen molar-refractivity contribution in [2.24, 2.45) is 5.41 Å². The van der Waals surface area contributed by atoms with E-state index in [1.807, 2.05) is 51.1 Å². The lowest BCUT2D eigenvalue weighted by Crippen LogP contribution is -2.54. The Morgan fingerprint density at radius 1 is 1.21 bits per heavy atom. The molecule has 1 atom stereocenters. The molecule has 2 aromatic carbocycles. The number of amides is 2. The molecular formula is C24H31N5O4. The number of nitrogens with one attached hydrogen (secondary N) is 2. The van der Waals surface area contributed by atoms with Crippen LogP contribution in [-0.2, 0) is 11.3 Å². The summed E-state index contributed by atoms with van der Waals surface area (Å²) in [4.78, 5) is 25.9. The van der Waals surface area contributed by atoms with Gasteiger partial charge in [0.05, 0.1) is 25.8 Å². The molecule has 9 nitrogen and oxygen atoms in total. The van der Waals surface area contributed by atoms with E-state index in [2.05, 4.69) is 15.7 Å². The van der Waals surface area contributed by atoms with Gasteiger partial charge in [-0.1, -0.05) is 45.0 Å². The van der Waals surface area contributed by atoms with Crippen molar-refractivity contribution < 1.29 is 19.4 Å². The average Bonchev–Trinajstić information content (AvgIpc) is 3.14. The molecule has 1 heterocycles. The van der Waals surface area contributed by atoms with E-state index in [9.17, 15) is 9.59 Å². The van der Waals surface area contributed by atoms with Crippen LogP contribution in [0.5, 0.6) is 5.75 Å². The molecule has 0 saturated heterocycles. The van der Waals surface area contributed by atoms with E-state index in [1.165, 1.54) is 0 Å². The van der Waals surface area contributed by atoms with Gasteiger partial charge in [0, 0.05) is 29.2 Å². The number of hydrogen-bond donors (Lipinski definition) is 4. The molecule has 176 valence electrons. The van der Waals surface area contributed by atoms with Gasteiger partial charge in [-0.3, -0.25) is 14.3 Å². The predicted octanol–water partition coefficient (Wildman–Crippen LogP) is 1.93. The number of nitrogens with zero attached hydrogens (tertiary/aromatic N) is 2. The summed E-state index contributed by atoms with van der Waals surface area (Å²) < 4.78 is 7.18. The van der Waals surface area contributed by atoms with Crippen LogP contribution in [0.2, 0.25) is 0 Å². The molecule has 0 aliphatic carbocycles. The van der Waals surface area contributed by atoms with Gasteiger partial charge < -0.3 is 26.2 Å². The number of carbonyl (C=O) groups excluding carboxylic acids is 2. The maximum Gasteiger partial charge on any atom is 0.273 e. The van der Waals surface area contributed by atoms with E-state index in [4.69, 9.17) is 15.6 Å². The van der Waals surface area contributed by atoms with Crippen LogP contribution >= 0.6 is 0 Å². The zero-order valence-electron chi connectivity index (χ0n) is 19.4. The number of anilines is 1. The van der Waals surface area contributed by atoms with Gasteiger partial charge in [0.1, 0.15) is 11.8 Å². The molecule has 0 aliphatic heterocycles. The number of nitrogens with two attached hydrogens (primary N) is 1. The normalized spacial score (nSPS) is 12.4. The summed E-state index contributed by atoms with van der Waals surface area (Å²) in [5, 5.41) is 19.7. The number of rotatable bonds is 8. The van der Waals surface area contributed by atoms with Crippen molar-refractivity contribution in [1.82, 2.24) is 20.4 Å². The van der Waals surface area contributed by atoms with Gasteiger partial charge in [0.25, 0.3) is 5.91 Å². The van der Waals surface area contributed by atoms with Gasteiger partial charge in [0.15, 0.2) is 5.69 Å². The first kappa shape index (κ1) is 24.1. The maximum atomic E-state index is 13.3. The number of fused-ring (bicyclic) bond motifs is 1.